The average Bonchev–Trinajstić information content (AvgIpc) is 2.49. The van der Waals surface area contributed by atoms with Gasteiger partial charge in [0.25, 0.3) is 0 Å². The van der Waals surface area contributed by atoms with Crippen molar-refractivity contribution in [2.75, 3.05) is 18.0 Å². The van der Waals surface area contributed by atoms with Crippen LogP contribution in [0.5, 0.6) is 0 Å². The largest absolute Gasteiger partial charge is 0.481 e. The van der Waals surface area contributed by atoms with Gasteiger partial charge in [0.1, 0.15) is 0 Å². The zero-order valence-electron chi connectivity index (χ0n) is 9.28. The van der Waals surface area contributed by atoms with E-state index in [0.717, 1.165) is 28.8 Å². The molecule has 0 unspecified atom stereocenters. The number of carbonyl (C=O) groups is 1. The monoisotopic (exact) mass is 228 g/mol. The van der Waals surface area contributed by atoms with Crippen LogP contribution in [0.1, 0.15) is 24.4 Å². The molecule has 1 aromatic rings. The Hall–Kier alpha value is -1.10. The maximum absolute atomic E-state index is 10.6. The third-order valence-electron chi connectivity index (χ3n) is 2.23. The maximum Gasteiger partial charge on any atom is 0.308 e. The van der Waals surface area contributed by atoms with E-state index in [-0.39, 0.29) is 6.42 Å². The first-order valence-electron chi connectivity index (χ1n) is 5.01. The summed E-state index contributed by atoms with van der Waals surface area (Å²) in [5.74, 6) is -0.798. The third kappa shape index (κ3) is 2.92. The number of rotatable bonds is 5. The fourth-order valence-corrected chi connectivity index (χ4v) is 2.52. The molecule has 0 amide bonds. The van der Waals surface area contributed by atoms with Gasteiger partial charge in [-0.3, -0.25) is 4.79 Å². The van der Waals surface area contributed by atoms with Gasteiger partial charge in [0, 0.05) is 18.0 Å². The highest BCUT2D eigenvalue weighted by atomic mass is 32.1. The zero-order chi connectivity index (χ0) is 11.4. The third-order valence-corrected chi connectivity index (χ3v) is 3.45. The van der Waals surface area contributed by atoms with E-state index in [1.54, 1.807) is 0 Å². The number of aromatic nitrogens is 1. The molecule has 0 bridgehead atoms. The Kier molecular flexibility index (Phi) is 4.08. The summed E-state index contributed by atoms with van der Waals surface area (Å²) < 4.78 is 0. The summed E-state index contributed by atoms with van der Waals surface area (Å²) in [6.45, 7) is 7.79. The lowest BCUT2D eigenvalue weighted by molar-refractivity contribution is -0.136. The van der Waals surface area contributed by atoms with Crippen LogP contribution in [0.25, 0.3) is 0 Å². The van der Waals surface area contributed by atoms with Crippen LogP contribution in [0.3, 0.4) is 0 Å². The van der Waals surface area contributed by atoms with Crippen LogP contribution in [-0.2, 0) is 11.2 Å². The highest BCUT2D eigenvalue weighted by Gasteiger charge is 2.13. The summed E-state index contributed by atoms with van der Waals surface area (Å²) in [5.41, 5.74) is 0.837. The minimum Gasteiger partial charge on any atom is -0.481 e. The van der Waals surface area contributed by atoms with E-state index in [0.29, 0.717) is 0 Å². The Morgan fingerprint density at radius 2 is 2.07 bits per heavy atom. The van der Waals surface area contributed by atoms with Crippen molar-refractivity contribution >= 4 is 22.4 Å². The van der Waals surface area contributed by atoms with E-state index in [1.165, 1.54) is 11.3 Å². The summed E-state index contributed by atoms with van der Waals surface area (Å²) in [7, 11) is 0. The number of aliphatic carboxylic acids is 1. The minimum atomic E-state index is -0.798. The van der Waals surface area contributed by atoms with Crippen molar-refractivity contribution in [1.82, 2.24) is 4.98 Å². The van der Waals surface area contributed by atoms with Crippen LogP contribution >= 0.6 is 11.3 Å². The Balaban J connectivity index is 2.88. The van der Waals surface area contributed by atoms with Crippen LogP contribution in [0.15, 0.2) is 0 Å². The molecule has 0 aliphatic carbocycles. The smallest absolute Gasteiger partial charge is 0.308 e. The molecule has 0 aliphatic heterocycles. The normalized spacial score (nSPS) is 10.3. The van der Waals surface area contributed by atoms with Gasteiger partial charge in [0.05, 0.1) is 12.1 Å². The lowest BCUT2D eigenvalue weighted by Gasteiger charge is -2.16. The first kappa shape index (κ1) is 12.0. The summed E-state index contributed by atoms with van der Waals surface area (Å²) in [4.78, 5) is 18.0. The molecule has 0 saturated carbocycles. The molecule has 0 saturated heterocycles. The summed E-state index contributed by atoms with van der Waals surface area (Å²) in [6, 6.07) is 0. The van der Waals surface area contributed by atoms with Crippen molar-refractivity contribution in [2.24, 2.45) is 0 Å². The Bertz CT molecular complexity index is 345. The van der Waals surface area contributed by atoms with E-state index in [4.69, 9.17) is 5.11 Å². The highest BCUT2D eigenvalue weighted by Crippen LogP contribution is 2.26. The first-order chi connectivity index (χ1) is 7.08. The van der Waals surface area contributed by atoms with Crippen LogP contribution in [0, 0.1) is 6.92 Å². The number of carboxylic acid groups (broad SMARTS) is 1. The molecule has 1 aromatic heterocycles. The van der Waals surface area contributed by atoms with Gasteiger partial charge in [-0.2, -0.15) is 0 Å². The molecule has 0 radical (unpaired) electrons. The quantitative estimate of drug-likeness (QED) is 0.836. The molecule has 1 N–H and O–H groups in total. The van der Waals surface area contributed by atoms with Crippen molar-refractivity contribution in [3.63, 3.8) is 0 Å². The predicted octanol–water partition coefficient (Wildman–Crippen LogP) is 1.92. The molecule has 5 heteroatoms. The molecule has 1 rings (SSSR count). The number of thiazole rings is 1. The first-order valence-corrected chi connectivity index (χ1v) is 5.83. The second kappa shape index (κ2) is 5.11. The molecule has 15 heavy (non-hydrogen) atoms. The highest BCUT2D eigenvalue weighted by molar-refractivity contribution is 7.15. The molecule has 0 spiro atoms. The van der Waals surface area contributed by atoms with Crippen LogP contribution in [0.4, 0.5) is 5.13 Å². The molecular weight excluding hydrogens is 212 g/mol. The lowest BCUT2D eigenvalue weighted by atomic mass is 10.3. The molecule has 4 nitrogen and oxygen atoms in total. The maximum atomic E-state index is 10.6. The van der Waals surface area contributed by atoms with E-state index >= 15 is 0 Å². The van der Waals surface area contributed by atoms with Crippen molar-refractivity contribution in [2.45, 2.75) is 27.2 Å². The molecule has 0 atom stereocenters. The molecule has 84 valence electrons. The van der Waals surface area contributed by atoms with Crippen molar-refractivity contribution in [3.8, 4) is 0 Å². The summed E-state index contributed by atoms with van der Waals surface area (Å²) in [6.07, 6.45) is 0.0742. The number of aryl methyl sites for hydroxylation is 1. The molecule has 0 aliphatic rings. The number of carboxylic acids is 1. The number of hydrogen-bond acceptors (Lipinski definition) is 4. The average molecular weight is 228 g/mol. The van der Waals surface area contributed by atoms with Gasteiger partial charge in [-0.05, 0) is 20.8 Å². The van der Waals surface area contributed by atoms with Crippen LogP contribution in [-0.4, -0.2) is 29.1 Å². The topological polar surface area (TPSA) is 53.4 Å². The fraction of sp³-hybridized carbons (Fsp3) is 0.600. The number of hydrogen-bond donors (Lipinski definition) is 1. The van der Waals surface area contributed by atoms with Crippen molar-refractivity contribution in [1.29, 1.82) is 0 Å². The summed E-state index contributed by atoms with van der Waals surface area (Å²) in [5, 5.41) is 9.64. The molecule has 0 fully saturated rings. The number of anilines is 1. The summed E-state index contributed by atoms with van der Waals surface area (Å²) >= 11 is 1.48. The Morgan fingerprint density at radius 1 is 1.47 bits per heavy atom. The predicted molar refractivity (Wildman–Crippen MR) is 61.8 cm³/mol. The van der Waals surface area contributed by atoms with E-state index in [2.05, 4.69) is 23.7 Å². The number of nitrogens with zero attached hydrogens (tertiary/aromatic N) is 2. The molecule has 0 aromatic carbocycles. The minimum absolute atomic E-state index is 0.0742. The second-order valence-electron chi connectivity index (χ2n) is 3.25. The van der Waals surface area contributed by atoms with Crippen LogP contribution in [0.2, 0.25) is 0 Å². The van der Waals surface area contributed by atoms with Gasteiger partial charge < -0.3 is 10.0 Å². The Labute approximate surface area is 93.6 Å². The van der Waals surface area contributed by atoms with Gasteiger partial charge in [0.2, 0.25) is 0 Å². The SMILES string of the molecule is CCN(CC)c1nc(C)c(CC(=O)O)s1. The van der Waals surface area contributed by atoms with E-state index in [9.17, 15) is 4.79 Å². The van der Waals surface area contributed by atoms with Gasteiger partial charge in [0.15, 0.2) is 5.13 Å². The van der Waals surface area contributed by atoms with Crippen molar-refractivity contribution < 1.29 is 9.90 Å². The molecular formula is C10H16N2O2S. The van der Waals surface area contributed by atoms with E-state index in [1.807, 2.05) is 6.92 Å². The van der Waals surface area contributed by atoms with E-state index < -0.39 is 5.97 Å². The van der Waals surface area contributed by atoms with Gasteiger partial charge in [-0.25, -0.2) is 4.98 Å². The van der Waals surface area contributed by atoms with Gasteiger partial charge in [-0.15, -0.1) is 11.3 Å². The Morgan fingerprint density at radius 3 is 2.53 bits per heavy atom. The van der Waals surface area contributed by atoms with Crippen LogP contribution < -0.4 is 4.90 Å². The van der Waals surface area contributed by atoms with Gasteiger partial charge in [-0.1, -0.05) is 0 Å². The molecule has 1 heterocycles. The van der Waals surface area contributed by atoms with Gasteiger partial charge >= 0.3 is 5.97 Å². The zero-order valence-corrected chi connectivity index (χ0v) is 10.1. The fourth-order valence-electron chi connectivity index (χ4n) is 1.34. The van der Waals surface area contributed by atoms with Crippen molar-refractivity contribution in [3.05, 3.63) is 10.6 Å². The lowest BCUT2D eigenvalue weighted by Crippen LogP contribution is -2.21. The standard InChI is InChI=1S/C10H16N2O2S/c1-4-12(5-2)10-11-7(3)8(15-10)6-9(13)14/h4-6H2,1-3H3,(H,13,14). The second-order valence-corrected chi connectivity index (χ2v) is 4.31.